The quantitative estimate of drug-likeness (QED) is 0.511. The summed E-state index contributed by atoms with van der Waals surface area (Å²) in [5, 5.41) is 8.94. The number of hydrogen-bond donors (Lipinski definition) is 0. The van der Waals surface area contributed by atoms with Crippen LogP contribution in [0.2, 0.25) is 0 Å². The third kappa shape index (κ3) is 8.71. The van der Waals surface area contributed by atoms with Crippen LogP contribution >= 0.6 is 0 Å². The molecule has 0 aliphatic rings. The molecule has 98 valence electrons. The normalized spacial score (nSPS) is 11.9. The molecule has 0 saturated heterocycles. The third-order valence-electron chi connectivity index (χ3n) is 2.44. The molecule has 0 aromatic carbocycles. The zero-order valence-corrected chi connectivity index (χ0v) is 12.4. The Bertz CT molecular complexity index is 269. The molecule has 0 N–H and O–H groups in total. The maximum atomic E-state index is 8.94. The van der Waals surface area contributed by atoms with E-state index in [-0.39, 0.29) is 0 Å². The first-order chi connectivity index (χ1) is 8.19. The maximum Gasteiger partial charge on any atom is 0.0991 e. The molecule has 0 aliphatic heterocycles. The van der Waals surface area contributed by atoms with Crippen molar-refractivity contribution in [3.8, 4) is 6.07 Å². The van der Waals surface area contributed by atoms with Gasteiger partial charge in [0.05, 0.1) is 11.6 Å². The van der Waals surface area contributed by atoms with E-state index in [0.29, 0.717) is 0 Å². The Labute approximate surface area is 108 Å². The van der Waals surface area contributed by atoms with Crippen molar-refractivity contribution in [3.05, 3.63) is 23.3 Å². The zero-order valence-electron chi connectivity index (χ0n) is 12.4. The first-order valence-corrected chi connectivity index (χ1v) is 6.60. The van der Waals surface area contributed by atoms with Gasteiger partial charge in [-0.3, -0.25) is 0 Å². The fourth-order valence-corrected chi connectivity index (χ4v) is 1.45. The lowest BCUT2D eigenvalue weighted by Crippen LogP contribution is -2.22. The highest BCUT2D eigenvalue weighted by atomic mass is 15.1. The monoisotopic (exact) mass is 236 g/mol. The van der Waals surface area contributed by atoms with E-state index in [1.165, 1.54) is 12.8 Å². The van der Waals surface area contributed by atoms with Gasteiger partial charge in [0.1, 0.15) is 0 Å². The Balaban J connectivity index is 0. The van der Waals surface area contributed by atoms with Crippen molar-refractivity contribution >= 4 is 0 Å². The molecule has 0 amide bonds. The summed E-state index contributed by atoms with van der Waals surface area (Å²) in [6, 6.07) is 2.23. The van der Waals surface area contributed by atoms with Gasteiger partial charge in [0.25, 0.3) is 0 Å². The summed E-state index contributed by atoms with van der Waals surface area (Å²) in [7, 11) is 2.10. The first kappa shape index (κ1) is 18.3. The highest BCUT2D eigenvalue weighted by molar-refractivity contribution is 5.41. The fourth-order valence-electron chi connectivity index (χ4n) is 1.45. The molecule has 0 heterocycles. The summed E-state index contributed by atoms with van der Waals surface area (Å²) in [4.78, 5) is 2.26. The van der Waals surface area contributed by atoms with Crippen LogP contribution in [0.5, 0.6) is 0 Å². The molecular formula is C15H28N2. The molecule has 2 heteroatoms. The number of allylic oxidation sites excluding steroid dienone is 2. The predicted octanol–water partition coefficient (Wildman–Crippen LogP) is 4.16. The van der Waals surface area contributed by atoms with Crippen LogP contribution in [0.15, 0.2) is 23.3 Å². The minimum Gasteiger partial charge on any atom is -0.302 e. The van der Waals surface area contributed by atoms with Crippen molar-refractivity contribution in [1.29, 1.82) is 5.26 Å². The van der Waals surface area contributed by atoms with Crippen LogP contribution in [-0.2, 0) is 0 Å². The number of hydrogen-bond acceptors (Lipinski definition) is 2. The topological polar surface area (TPSA) is 27.0 Å². The van der Waals surface area contributed by atoms with Crippen LogP contribution in [0.25, 0.3) is 0 Å². The Morgan fingerprint density at radius 2 is 1.82 bits per heavy atom. The minimum absolute atomic E-state index is 0.792. The second-order valence-corrected chi connectivity index (χ2v) is 3.72. The van der Waals surface area contributed by atoms with Gasteiger partial charge >= 0.3 is 0 Å². The smallest absolute Gasteiger partial charge is 0.0991 e. The molecule has 0 aromatic rings. The highest BCUT2D eigenvalue weighted by Crippen LogP contribution is 2.10. The Morgan fingerprint density at radius 1 is 1.24 bits per heavy atom. The first-order valence-electron chi connectivity index (χ1n) is 6.60. The van der Waals surface area contributed by atoms with Crippen molar-refractivity contribution in [2.45, 2.75) is 47.5 Å². The molecular weight excluding hydrogens is 208 g/mol. The molecule has 0 bridgehead atoms. The van der Waals surface area contributed by atoms with Crippen molar-refractivity contribution in [1.82, 2.24) is 4.90 Å². The third-order valence-corrected chi connectivity index (χ3v) is 2.44. The Morgan fingerprint density at radius 3 is 2.18 bits per heavy atom. The Hall–Kier alpha value is -1.07. The van der Waals surface area contributed by atoms with Gasteiger partial charge in [0, 0.05) is 6.54 Å². The van der Waals surface area contributed by atoms with E-state index in [1.807, 2.05) is 39.8 Å². The lowest BCUT2D eigenvalue weighted by atomic mass is 10.1. The fraction of sp³-hybridized carbons (Fsp3) is 0.667. The van der Waals surface area contributed by atoms with Gasteiger partial charge < -0.3 is 4.90 Å². The molecule has 2 nitrogen and oxygen atoms in total. The lowest BCUT2D eigenvalue weighted by Gasteiger charge is -2.17. The van der Waals surface area contributed by atoms with Gasteiger partial charge in [-0.25, -0.2) is 0 Å². The molecule has 0 spiro atoms. The summed E-state index contributed by atoms with van der Waals surface area (Å²) >= 11 is 0. The van der Waals surface area contributed by atoms with E-state index in [4.69, 9.17) is 5.26 Å². The maximum absolute atomic E-state index is 8.94. The van der Waals surface area contributed by atoms with Crippen molar-refractivity contribution in [2.24, 2.45) is 0 Å². The van der Waals surface area contributed by atoms with Gasteiger partial charge in [0.2, 0.25) is 0 Å². The van der Waals surface area contributed by atoms with Crippen LogP contribution in [0, 0.1) is 11.3 Å². The van der Waals surface area contributed by atoms with Crippen molar-refractivity contribution in [3.63, 3.8) is 0 Å². The number of rotatable bonds is 6. The van der Waals surface area contributed by atoms with Gasteiger partial charge in [-0.05, 0) is 39.4 Å². The number of nitriles is 1. The van der Waals surface area contributed by atoms with Crippen molar-refractivity contribution in [2.75, 3.05) is 20.1 Å². The number of unbranched alkanes of at least 4 members (excludes halogenated alkanes) is 1. The molecule has 0 unspecified atom stereocenters. The molecule has 17 heavy (non-hydrogen) atoms. The molecule has 0 fully saturated rings. The van der Waals surface area contributed by atoms with Crippen molar-refractivity contribution < 1.29 is 0 Å². The Kier molecular flexibility index (Phi) is 14.0. The van der Waals surface area contributed by atoms with Gasteiger partial charge in [-0.15, -0.1) is 0 Å². The molecule has 0 saturated carbocycles. The highest BCUT2D eigenvalue weighted by Gasteiger charge is 2.05. The minimum atomic E-state index is 0.792. The second-order valence-electron chi connectivity index (χ2n) is 3.72. The standard InChI is InChI=1S/C13H22N2.C2H6/c1-5-8-9-15(4)11-13(7-3)12(6-2)10-14;1-2/h6-7H,5,8-9,11H2,1-4H3;1-2H3/b12-6-,13-7-;. The summed E-state index contributed by atoms with van der Waals surface area (Å²) in [5.41, 5.74) is 1.92. The largest absolute Gasteiger partial charge is 0.302 e. The van der Waals surface area contributed by atoms with Crippen LogP contribution < -0.4 is 0 Å². The summed E-state index contributed by atoms with van der Waals surface area (Å²) < 4.78 is 0. The lowest BCUT2D eigenvalue weighted by molar-refractivity contribution is 0.356. The molecule has 0 rings (SSSR count). The molecule has 0 aliphatic carbocycles. The SMILES string of the molecule is C/C=C(C#N)\C(=C/C)CN(C)CCCC.CC. The van der Waals surface area contributed by atoms with E-state index in [9.17, 15) is 0 Å². The van der Waals surface area contributed by atoms with E-state index in [0.717, 1.165) is 24.2 Å². The molecule has 0 radical (unpaired) electrons. The van der Waals surface area contributed by atoms with E-state index >= 15 is 0 Å². The van der Waals surface area contributed by atoms with E-state index in [2.05, 4.69) is 24.9 Å². The van der Waals surface area contributed by atoms with E-state index in [1.54, 1.807) is 0 Å². The van der Waals surface area contributed by atoms with Crippen LogP contribution in [0.1, 0.15) is 47.5 Å². The summed E-state index contributed by atoms with van der Waals surface area (Å²) in [6.45, 7) is 12.1. The number of likely N-dealkylation sites (N-methyl/N-ethyl adjacent to an activating group) is 1. The molecule has 0 atom stereocenters. The average Bonchev–Trinajstić information content (AvgIpc) is 2.38. The summed E-state index contributed by atoms with van der Waals surface area (Å²) in [6.07, 6.45) is 6.33. The van der Waals surface area contributed by atoms with Gasteiger partial charge in [0.15, 0.2) is 0 Å². The molecule has 0 aromatic heterocycles. The van der Waals surface area contributed by atoms with Crippen LogP contribution in [0.4, 0.5) is 0 Å². The van der Waals surface area contributed by atoms with Gasteiger partial charge in [-0.1, -0.05) is 39.3 Å². The summed E-state index contributed by atoms with van der Waals surface area (Å²) in [5.74, 6) is 0. The zero-order chi connectivity index (χ0) is 13.7. The average molecular weight is 236 g/mol. The van der Waals surface area contributed by atoms with E-state index < -0.39 is 0 Å². The van der Waals surface area contributed by atoms with Gasteiger partial charge in [-0.2, -0.15) is 5.26 Å². The predicted molar refractivity (Wildman–Crippen MR) is 76.9 cm³/mol. The second kappa shape index (κ2) is 13.0. The number of nitrogens with zero attached hydrogens (tertiary/aromatic N) is 2. The van der Waals surface area contributed by atoms with Crippen LogP contribution in [-0.4, -0.2) is 25.0 Å². The van der Waals surface area contributed by atoms with Crippen LogP contribution in [0.3, 0.4) is 0 Å².